The average Bonchev–Trinajstić information content (AvgIpc) is 1.62. The second-order valence-electron chi connectivity index (χ2n) is 28.9. The van der Waals surface area contributed by atoms with Crippen molar-refractivity contribution in [3.8, 4) is 0 Å². The lowest BCUT2D eigenvalue weighted by atomic mass is 10.00. The molecule has 24 N–H and O–H groups in total. The molecule has 13 amide bonds. The van der Waals surface area contributed by atoms with E-state index in [0.29, 0.717) is 43.2 Å². The highest BCUT2D eigenvalue weighted by Gasteiger charge is 2.39. The van der Waals surface area contributed by atoms with Crippen molar-refractivity contribution in [2.24, 2.45) is 40.5 Å². The first kappa shape index (κ1) is 95.5. The van der Waals surface area contributed by atoms with Gasteiger partial charge in [0.2, 0.25) is 65.0 Å². The van der Waals surface area contributed by atoms with Crippen molar-refractivity contribution in [2.75, 3.05) is 66.0 Å². The van der Waals surface area contributed by atoms with Crippen molar-refractivity contribution >= 4 is 118 Å². The molecule has 6 rings (SSSR count). The summed E-state index contributed by atoms with van der Waals surface area (Å²) in [6.45, 7) is 6.54. The fraction of sp³-hybridized carbons (Fsp3) is 0.494. The normalized spacial score (nSPS) is 19.5. The number of nitrogens with two attached hydrogens (primary N) is 5. The molecule has 0 unspecified atom stereocenters. The van der Waals surface area contributed by atoms with Crippen molar-refractivity contribution in [3.05, 3.63) is 120 Å². The number of carbonyl (C=O) groups excluding carboxylic acids is 14. The molecular formula is C79H113N21O17S. The Morgan fingerprint density at radius 3 is 1.79 bits per heavy atom. The summed E-state index contributed by atoms with van der Waals surface area (Å²) in [5.41, 5.74) is 32.0. The molecule has 0 spiro atoms. The fourth-order valence-electron chi connectivity index (χ4n) is 12.3. The Hall–Kier alpha value is -11.3. The molecule has 0 saturated carbocycles. The van der Waals surface area contributed by atoms with E-state index in [9.17, 15) is 72.5 Å². The van der Waals surface area contributed by atoms with Gasteiger partial charge in [-0.15, -0.1) is 0 Å². The third-order valence-corrected chi connectivity index (χ3v) is 19.8. The summed E-state index contributed by atoms with van der Waals surface area (Å²) >= 11 is 1.26. The van der Waals surface area contributed by atoms with E-state index in [1.54, 1.807) is 137 Å². The minimum absolute atomic E-state index is 0.0103. The maximum absolute atomic E-state index is 15.1. The summed E-state index contributed by atoms with van der Waals surface area (Å²) in [4.78, 5) is 206. The van der Waals surface area contributed by atoms with Gasteiger partial charge in [-0.25, -0.2) is 4.79 Å². The van der Waals surface area contributed by atoms with Crippen LogP contribution in [0.25, 0.3) is 23.1 Å². The molecular weight excluding hydrogens is 1550 g/mol. The first-order chi connectivity index (χ1) is 56.3. The van der Waals surface area contributed by atoms with Gasteiger partial charge in [0.25, 0.3) is 5.91 Å². The standard InChI is InChI=1S/C79H113N21O17S/c1-44(2)41-60-74(111)91-55(25-32-81)68(105)90-58(28-35-84)73(110)96-65(46(5)101)76(113)87-37-29-59(71(108)89-56(26-33-82)70(107)95-61(75(112)94-60)42-48-15-9-8-10-16-48)92-69(106)57(27-34-83)93-77(114)66(47(6)102)97-72(109)54(24-31-80)88-64(103)30-38-99(39-40-117-78(115)45(3)4)79(116)100-62-43-50(118-63-19-12-11-18-52(63)67(104)85-7)21-22-51(62)53(98-100)23-20-49-17-13-14-36-86-49/h8-23,36,43-47,54-61,65-66,101-102H,24-35,37-42,80-84H2,1-7H3,(H,85,104)(H,87,113)(H,88,103)(H,89,108)(H,90,105)(H,91,111)(H,92,106)(H,93,114)(H,94,112)(H,95,107)(H,96,110)(H,97,109)/b23-20+/t46-,47-,54+,55+,56+,57+,58+,59+,60+,61-,65-,66+/m1/s1. The molecule has 39 heteroatoms. The number of nitrogens with zero attached hydrogens (tertiary/aromatic N) is 4. The SMILES string of the molecule is CNC(=O)c1ccccc1Sc1ccc2c(/C=C/c3ccccn3)nn(C(=O)N(CCOC(=O)C(C)C)CCC(=O)N[C@@H](CCN)C(=O)N[C@H](C(=O)N[C@@H](CCN)C(=O)N[C@H]3CCNC(=O)[C@@H]([C@@H](C)O)NC(=O)[C@H](CCN)NC(=O)[C@H](CCN)NC(=O)[C@H](CC(C)C)NC(=O)[C@@H](Cc4ccccc4)NC(=O)[C@H](CCN)NC3=O)[C@@H](C)O)c2c1. The molecule has 3 heterocycles. The average molecular weight is 1660 g/mol. The highest BCUT2D eigenvalue weighted by molar-refractivity contribution is 7.99. The zero-order chi connectivity index (χ0) is 86.7. The van der Waals surface area contributed by atoms with E-state index in [-0.39, 0.29) is 109 Å². The van der Waals surface area contributed by atoms with Crippen LogP contribution in [0, 0.1) is 11.8 Å². The number of carbonyl (C=O) groups is 14. The third kappa shape index (κ3) is 29.4. The molecule has 118 heavy (non-hydrogen) atoms. The quantitative estimate of drug-likeness (QED) is 0.0181. The number of hydrogen-bond acceptors (Lipinski definition) is 25. The first-order valence-electron chi connectivity index (χ1n) is 39.1. The van der Waals surface area contributed by atoms with Crippen LogP contribution in [0.3, 0.4) is 0 Å². The summed E-state index contributed by atoms with van der Waals surface area (Å²) in [5, 5.41) is 58.0. The third-order valence-electron chi connectivity index (χ3n) is 18.7. The van der Waals surface area contributed by atoms with E-state index in [1.807, 2.05) is 0 Å². The molecule has 2 aromatic heterocycles. The zero-order valence-electron chi connectivity index (χ0n) is 67.3. The van der Waals surface area contributed by atoms with Gasteiger partial charge in [0.1, 0.15) is 67.0 Å². The zero-order valence-corrected chi connectivity index (χ0v) is 68.1. The second kappa shape index (κ2) is 48.4. The number of rotatable bonds is 35. The van der Waals surface area contributed by atoms with E-state index in [4.69, 9.17) is 38.5 Å². The summed E-state index contributed by atoms with van der Waals surface area (Å²) in [5.74, 6) is -12.5. The van der Waals surface area contributed by atoms with Gasteiger partial charge in [-0.05, 0) is 158 Å². The predicted octanol–water partition coefficient (Wildman–Crippen LogP) is -2.87. The Morgan fingerprint density at radius 2 is 1.20 bits per heavy atom. The number of hydrogen-bond donors (Lipinski definition) is 19. The number of aromatic nitrogens is 3. The molecule has 12 atom stereocenters. The van der Waals surface area contributed by atoms with E-state index in [2.05, 4.69) is 68.8 Å². The highest BCUT2D eigenvalue weighted by Crippen LogP contribution is 2.34. The summed E-state index contributed by atoms with van der Waals surface area (Å²) in [6.07, 6.45) is -0.822. The van der Waals surface area contributed by atoms with Crippen LogP contribution in [0.15, 0.2) is 107 Å². The Kier molecular flexibility index (Phi) is 39.2. The number of fused-ring (bicyclic) bond motifs is 1. The van der Waals surface area contributed by atoms with Gasteiger partial charge in [-0.2, -0.15) is 9.78 Å². The number of esters is 1. The van der Waals surface area contributed by atoms with Gasteiger partial charge in [0.05, 0.1) is 47.1 Å². The Labute approximate surface area is 688 Å². The molecule has 1 fully saturated rings. The minimum atomic E-state index is -1.89. The van der Waals surface area contributed by atoms with Crippen LogP contribution < -0.4 is 92.5 Å². The van der Waals surface area contributed by atoms with Crippen molar-refractivity contribution in [2.45, 2.75) is 182 Å². The molecule has 5 aromatic rings. The van der Waals surface area contributed by atoms with Crippen LogP contribution in [0.1, 0.15) is 120 Å². The number of amides is 13. The predicted molar refractivity (Wildman–Crippen MR) is 438 cm³/mol. The van der Waals surface area contributed by atoms with Crippen molar-refractivity contribution in [3.63, 3.8) is 0 Å². The molecule has 38 nitrogen and oxygen atoms in total. The highest BCUT2D eigenvalue weighted by atomic mass is 32.2. The first-order valence-corrected chi connectivity index (χ1v) is 39.9. The van der Waals surface area contributed by atoms with Gasteiger partial charge >= 0.3 is 12.0 Å². The van der Waals surface area contributed by atoms with Gasteiger partial charge in [-0.1, -0.05) is 88.0 Å². The molecule has 642 valence electrons. The lowest BCUT2D eigenvalue weighted by Crippen LogP contribution is -2.62. The van der Waals surface area contributed by atoms with E-state index < -0.39 is 175 Å². The molecule has 1 aliphatic heterocycles. The van der Waals surface area contributed by atoms with Crippen molar-refractivity contribution in [1.29, 1.82) is 0 Å². The lowest BCUT2D eigenvalue weighted by Gasteiger charge is -2.29. The van der Waals surface area contributed by atoms with Crippen LogP contribution in [-0.4, -0.2) is 251 Å². The fourth-order valence-corrected chi connectivity index (χ4v) is 13.3. The number of benzene rings is 3. The number of pyridine rings is 1. The number of aliphatic hydroxyl groups excluding tert-OH is 2. The largest absolute Gasteiger partial charge is 0.464 e. The molecule has 3 aromatic carbocycles. The lowest BCUT2D eigenvalue weighted by molar-refractivity contribution is -0.147. The van der Waals surface area contributed by atoms with Crippen LogP contribution in [-0.2, 0) is 68.7 Å². The number of aliphatic hydroxyl groups is 2. The van der Waals surface area contributed by atoms with Crippen molar-refractivity contribution in [1.82, 2.24) is 83.5 Å². The van der Waals surface area contributed by atoms with Crippen LogP contribution >= 0.6 is 11.8 Å². The van der Waals surface area contributed by atoms with Gasteiger partial charge < -0.3 is 112 Å². The second-order valence-corrected chi connectivity index (χ2v) is 30.0. The van der Waals surface area contributed by atoms with Crippen LogP contribution in [0.5, 0.6) is 0 Å². The molecule has 0 radical (unpaired) electrons. The maximum Gasteiger partial charge on any atom is 0.345 e. The van der Waals surface area contributed by atoms with Crippen LogP contribution in [0.4, 0.5) is 4.79 Å². The number of nitrogens with one attached hydrogen (secondary N) is 12. The Bertz CT molecular complexity index is 4290. The monoisotopic (exact) mass is 1660 g/mol. The Balaban J connectivity index is 1.26. The summed E-state index contributed by atoms with van der Waals surface area (Å²) in [7, 11) is 1.51. The topological polar surface area (TPSA) is 597 Å². The van der Waals surface area contributed by atoms with E-state index in [0.717, 1.165) is 11.6 Å². The maximum atomic E-state index is 15.1. The van der Waals surface area contributed by atoms with E-state index >= 15 is 4.79 Å². The Morgan fingerprint density at radius 1 is 0.627 bits per heavy atom. The van der Waals surface area contributed by atoms with Crippen molar-refractivity contribution < 1.29 is 82.1 Å². The summed E-state index contributed by atoms with van der Waals surface area (Å²) in [6, 6.07) is 9.43. The van der Waals surface area contributed by atoms with Gasteiger partial charge in [0.15, 0.2) is 0 Å². The molecule has 1 saturated heterocycles. The smallest absolute Gasteiger partial charge is 0.345 e. The molecule has 1 aliphatic rings. The number of ether oxygens (including phenoxy) is 1. The van der Waals surface area contributed by atoms with Gasteiger partial charge in [0, 0.05) is 54.4 Å². The van der Waals surface area contributed by atoms with E-state index in [1.165, 1.54) is 30.6 Å². The van der Waals surface area contributed by atoms with Gasteiger partial charge in [-0.3, -0.25) is 67.3 Å². The molecule has 0 aliphatic carbocycles. The van der Waals surface area contributed by atoms with Crippen LogP contribution in [0.2, 0.25) is 0 Å². The summed E-state index contributed by atoms with van der Waals surface area (Å²) < 4.78 is 6.63. The molecule has 0 bridgehead atoms. The minimum Gasteiger partial charge on any atom is -0.464 e.